The van der Waals surface area contributed by atoms with Gasteiger partial charge in [-0.2, -0.15) is 0 Å². The van der Waals surface area contributed by atoms with Crippen LogP contribution in [0.4, 0.5) is 11.4 Å². The van der Waals surface area contributed by atoms with E-state index >= 15 is 0 Å². The SMILES string of the molecule is Cc1cc(C)c(NC2c3ccccc3C(=O)N2c2ccccc2C)c(C)c1. The van der Waals surface area contributed by atoms with Crippen LogP contribution >= 0.6 is 0 Å². The van der Waals surface area contributed by atoms with Crippen molar-refractivity contribution in [3.8, 4) is 0 Å². The average molecular weight is 356 g/mol. The largest absolute Gasteiger partial charge is 0.361 e. The average Bonchev–Trinajstić information content (AvgIpc) is 2.91. The smallest absolute Gasteiger partial charge is 0.260 e. The molecule has 0 saturated heterocycles. The van der Waals surface area contributed by atoms with Gasteiger partial charge in [0, 0.05) is 22.5 Å². The van der Waals surface area contributed by atoms with Crippen LogP contribution in [-0.4, -0.2) is 5.91 Å². The van der Waals surface area contributed by atoms with Gasteiger partial charge < -0.3 is 5.32 Å². The van der Waals surface area contributed by atoms with E-state index in [-0.39, 0.29) is 12.1 Å². The van der Waals surface area contributed by atoms with Crippen LogP contribution in [0.2, 0.25) is 0 Å². The quantitative estimate of drug-likeness (QED) is 0.654. The Kier molecular flexibility index (Phi) is 4.23. The summed E-state index contributed by atoms with van der Waals surface area (Å²) in [5.41, 5.74) is 8.53. The number of rotatable bonds is 3. The number of hydrogen-bond acceptors (Lipinski definition) is 2. The van der Waals surface area contributed by atoms with Gasteiger partial charge in [0.05, 0.1) is 0 Å². The molecule has 136 valence electrons. The van der Waals surface area contributed by atoms with Crippen LogP contribution in [0.15, 0.2) is 60.7 Å². The maximum Gasteiger partial charge on any atom is 0.260 e. The van der Waals surface area contributed by atoms with Crippen molar-refractivity contribution in [2.75, 3.05) is 10.2 Å². The molecule has 1 aliphatic rings. The van der Waals surface area contributed by atoms with Gasteiger partial charge in [0.1, 0.15) is 6.17 Å². The number of fused-ring (bicyclic) bond motifs is 1. The van der Waals surface area contributed by atoms with Crippen molar-refractivity contribution in [3.05, 3.63) is 94.0 Å². The van der Waals surface area contributed by atoms with Gasteiger partial charge in [-0.3, -0.25) is 9.69 Å². The van der Waals surface area contributed by atoms with E-state index < -0.39 is 0 Å². The molecule has 0 bridgehead atoms. The molecule has 1 N–H and O–H groups in total. The number of para-hydroxylation sites is 1. The minimum atomic E-state index is -0.227. The Morgan fingerprint density at radius 1 is 0.815 bits per heavy atom. The lowest BCUT2D eigenvalue weighted by Crippen LogP contribution is -2.33. The molecular formula is C24H24N2O. The molecular weight excluding hydrogens is 332 g/mol. The first-order valence-corrected chi connectivity index (χ1v) is 9.30. The maximum atomic E-state index is 13.3. The molecule has 0 saturated carbocycles. The molecule has 1 aliphatic heterocycles. The highest BCUT2D eigenvalue weighted by molar-refractivity contribution is 6.11. The van der Waals surface area contributed by atoms with Gasteiger partial charge in [-0.1, -0.05) is 54.1 Å². The Morgan fingerprint density at radius 3 is 2.15 bits per heavy atom. The fraction of sp³-hybridized carbons (Fsp3) is 0.208. The Labute approximate surface area is 160 Å². The van der Waals surface area contributed by atoms with Gasteiger partial charge >= 0.3 is 0 Å². The number of nitrogens with one attached hydrogen (secondary N) is 1. The van der Waals surface area contributed by atoms with E-state index in [1.165, 1.54) is 16.7 Å². The number of amides is 1. The number of carbonyl (C=O) groups excluding carboxylic acids is 1. The lowest BCUT2D eigenvalue weighted by molar-refractivity contribution is 0.0992. The van der Waals surface area contributed by atoms with Gasteiger partial charge in [-0.15, -0.1) is 0 Å². The van der Waals surface area contributed by atoms with Crippen LogP contribution in [0, 0.1) is 27.7 Å². The normalized spacial score (nSPS) is 15.8. The summed E-state index contributed by atoms with van der Waals surface area (Å²) < 4.78 is 0. The number of aryl methyl sites for hydroxylation is 4. The van der Waals surface area contributed by atoms with Crippen molar-refractivity contribution in [1.82, 2.24) is 0 Å². The fourth-order valence-electron chi connectivity index (χ4n) is 4.09. The van der Waals surface area contributed by atoms with Crippen LogP contribution in [0.1, 0.15) is 44.3 Å². The molecule has 0 radical (unpaired) electrons. The van der Waals surface area contributed by atoms with E-state index in [4.69, 9.17) is 0 Å². The molecule has 1 unspecified atom stereocenters. The molecule has 1 amide bonds. The predicted octanol–water partition coefficient (Wildman–Crippen LogP) is 5.69. The molecule has 3 heteroatoms. The summed E-state index contributed by atoms with van der Waals surface area (Å²) in [7, 11) is 0. The van der Waals surface area contributed by atoms with E-state index in [1.807, 2.05) is 60.4 Å². The van der Waals surface area contributed by atoms with Crippen LogP contribution in [-0.2, 0) is 0 Å². The number of anilines is 2. The molecule has 3 aromatic carbocycles. The van der Waals surface area contributed by atoms with Crippen molar-refractivity contribution in [1.29, 1.82) is 0 Å². The topological polar surface area (TPSA) is 32.3 Å². The summed E-state index contributed by atoms with van der Waals surface area (Å²) in [5, 5.41) is 3.67. The second-order valence-corrected chi connectivity index (χ2v) is 7.37. The molecule has 0 fully saturated rings. The lowest BCUT2D eigenvalue weighted by atomic mass is 10.0. The zero-order valence-electron chi connectivity index (χ0n) is 16.2. The third-order valence-electron chi connectivity index (χ3n) is 5.30. The van der Waals surface area contributed by atoms with Crippen LogP contribution in [0.25, 0.3) is 0 Å². The second kappa shape index (κ2) is 6.58. The molecule has 1 atom stereocenters. The molecule has 1 heterocycles. The third-order valence-corrected chi connectivity index (χ3v) is 5.30. The van der Waals surface area contributed by atoms with Crippen molar-refractivity contribution >= 4 is 17.3 Å². The van der Waals surface area contributed by atoms with E-state index in [2.05, 4.69) is 38.2 Å². The standard InChI is InChI=1S/C24H24N2O/c1-15-13-17(3)22(18(4)14-15)25-23-19-10-6-7-11-20(19)24(27)26(23)21-12-8-5-9-16(21)2/h5-14,23,25H,1-4H3. The number of hydrogen-bond donors (Lipinski definition) is 1. The minimum Gasteiger partial charge on any atom is -0.361 e. The molecule has 0 aromatic heterocycles. The van der Waals surface area contributed by atoms with Crippen LogP contribution < -0.4 is 10.2 Å². The highest BCUT2D eigenvalue weighted by Gasteiger charge is 2.38. The van der Waals surface area contributed by atoms with Crippen molar-refractivity contribution in [3.63, 3.8) is 0 Å². The zero-order valence-corrected chi connectivity index (χ0v) is 16.2. The first kappa shape index (κ1) is 17.3. The van der Waals surface area contributed by atoms with Crippen molar-refractivity contribution in [2.45, 2.75) is 33.9 Å². The monoisotopic (exact) mass is 356 g/mol. The van der Waals surface area contributed by atoms with Gasteiger partial charge in [0.2, 0.25) is 0 Å². The van der Waals surface area contributed by atoms with E-state index in [0.29, 0.717) is 0 Å². The van der Waals surface area contributed by atoms with Gasteiger partial charge in [0.25, 0.3) is 5.91 Å². The molecule has 0 spiro atoms. The van der Waals surface area contributed by atoms with E-state index in [9.17, 15) is 4.79 Å². The molecule has 3 aromatic rings. The zero-order chi connectivity index (χ0) is 19.1. The summed E-state index contributed by atoms with van der Waals surface area (Å²) in [5.74, 6) is 0.0415. The highest BCUT2D eigenvalue weighted by Crippen LogP contribution is 2.40. The first-order valence-electron chi connectivity index (χ1n) is 9.30. The minimum absolute atomic E-state index is 0.0415. The fourth-order valence-corrected chi connectivity index (χ4v) is 4.09. The van der Waals surface area contributed by atoms with Crippen LogP contribution in [0.5, 0.6) is 0 Å². The molecule has 27 heavy (non-hydrogen) atoms. The Morgan fingerprint density at radius 2 is 1.44 bits per heavy atom. The predicted molar refractivity (Wildman–Crippen MR) is 111 cm³/mol. The maximum absolute atomic E-state index is 13.3. The van der Waals surface area contributed by atoms with Gasteiger partial charge in [0.15, 0.2) is 0 Å². The van der Waals surface area contributed by atoms with Gasteiger partial charge in [-0.05, 0) is 56.5 Å². The van der Waals surface area contributed by atoms with Crippen LogP contribution in [0.3, 0.4) is 0 Å². The first-order chi connectivity index (χ1) is 13.0. The van der Waals surface area contributed by atoms with E-state index in [0.717, 1.165) is 28.1 Å². The Bertz CT molecular complexity index is 1020. The van der Waals surface area contributed by atoms with Crippen molar-refractivity contribution in [2.24, 2.45) is 0 Å². The Balaban J connectivity index is 1.85. The lowest BCUT2D eigenvalue weighted by Gasteiger charge is -2.29. The van der Waals surface area contributed by atoms with E-state index in [1.54, 1.807) is 0 Å². The highest BCUT2D eigenvalue weighted by atomic mass is 16.2. The number of carbonyl (C=O) groups is 1. The summed E-state index contributed by atoms with van der Waals surface area (Å²) in [4.78, 5) is 15.1. The third kappa shape index (κ3) is 2.89. The number of benzene rings is 3. The van der Waals surface area contributed by atoms with Gasteiger partial charge in [-0.25, -0.2) is 0 Å². The summed E-state index contributed by atoms with van der Waals surface area (Å²) >= 11 is 0. The Hall–Kier alpha value is -3.07. The molecule has 3 nitrogen and oxygen atoms in total. The van der Waals surface area contributed by atoms with Crippen molar-refractivity contribution < 1.29 is 4.79 Å². The second-order valence-electron chi connectivity index (χ2n) is 7.37. The summed E-state index contributed by atoms with van der Waals surface area (Å²) in [6.45, 7) is 8.38. The molecule has 0 aliphatic carbocycles. The summed E-state index contributed by atoms with van der Waals surface area (Å²) in [6, 6.07) is 20.3. The summed E-state index contributed by atoms with van der Waals surface area (Å²) in [6.07, 6.45) is -0.227. The molecule has 4 rings (SSSR count). The number of nitrogens with zero attached hydrogens (tertiary/aromatic N) is 1.